The highest BCUT2D eigenvalue weighted by Gasteiger charge is 2.13. The summed E-state index contributed by atoms with van der Waals surface area (Å²) in [4.78, 5) is 0.172. The highest BCUT2D eigenvalue weighted by atomic mass is 127. The molecule has 1 atom stereocenters. The Kier molecular flexibility index (Phi) is 4.74. The minimum atomic E-state index is 0.172. The van der Waals surface area contributed by atoms with E-state index in [1.165, 1.54) is 8.45 Å². The molecule has 0 amide bonds. The van der Waals surface area contributed by atoms with Crippen LogP contribution in [0.3, 0.4) is 0 Å². The monoisotopic (exact) mass is 442 g/mol. The normalized spacial score (nSPS) is 12.5. The van der Waals surface area contributed by atoms with Gasteiger partial charge in [-0.1, -0.05) is 33.6 Å². The molecule has 0 aliphatic carbocycles. The van der Waals surface area contributed by atoms with Crippen LogP contribution in [0.25, 0.3) is 0 Å². The van der Waals surface area contributed by atoms with Crippen molar-refractivity contribution in [3.05, 3.63) is 48.7 Å². The van der Waals surface area contributed by atoms with E-state index in [9.17, 15) is 0 Å². The van der Waals surface area contributed by atoms with Crippen LogP contribution in [-0.4, -0.2) is 7.11 Å². The molecule has 0 radical (unpaired) electrons. The Morgan fingerprint density at radius 3 is 2.65 bits per heavy atom. The number of hydrogen-bond acceptors (Lipinski definition) is 2. The second-order valence-corrected chi connectivity index (χ2v) is 7.57. The molecule has 1 aromatic carbocycles. The smallest absolute Gasteiger partial charge is 0.137 e. The van der Waals surface area contributed by atoms with Crippen LogP contribution in [-0.2, 0) is 0 Å². The fourth-order valence-electron chi connectivity index (χ4n) is 1.49. The third-order valence-electron chi connectivity index (χ3n) is 2.35. The van der Waals surface area contributed by atoms with Gasteiger partial charge >= 0.3 is 0 Å². The molecule has 17 heavy (non-hydrogen) atoms. The van der Waals surface area contributed by atoms with E-state index < -0.39 is 0 Å². The molecule has 1 heterocycles. The first kappa shape index (κ1) is 13.6. The van der Waals surface area contributed by atoms with Crippen molar-refractivity contribution in [1.82, 2.24) is 0 Å². The number of benzene rings is 1. The van der Waals surface area contributed by atoms with Crippen LogP contribution in [0.4, 0.5) is 0 Å². The standard InChI is InChI=1S/C12H9BrClIOS/c1-16-10-3-2-7(4-9(10)14)12(13)8-5-11(15)17-6-8/h2-6,12H,1H3. The number of halogens is 3. The van der Waals surface area contributed by atoms with Crippen molar-refractivity contribution in [3.8, 4) is 5.75 Å². The van der Waals surface area contributed by atoms with Crippen LogP contribution >= 0.6 is 61.5 Å². The zero-order valence-electron chi connectivity index (χ0n) is 8.91. The SMILES string of the molecule is COc1ccc(C(Br)c2csc(I)c2)cc1Cl. The zero-order chi connectivity index (χ0) is 12.4. The quantitative estimate of drug-likeness (QED) is 0.450. The summed E-state index contributed by atoms with van der Waals surface area (Å²) < 4.78 is 6.42. The molecule has 0 saturated carbocycles. The average molecular weight is 444 g/mol. The molecule has 0 bridgehead atoms. The summed E-state index contributed by atoms with van der Waals surface area (Å²) >= 11 is 13.9. The molecule has 2 rings (SSSR count). The van der Waals surface area contributed by atoms with Crippen molar-refractivity contribution in [2.24, 2.45) is 0 Å². The Morgan fingerprint density at radius 1 is 1.35 bits per heavy atom. The highest BCUT2D eigenvalue weighted by molar-refractivity contribution is 14.1. The molecule has 1 aromatic heterocycles. The summed E-state index contributed by atoms with van der Waals surface area (Å²) in [5.74, 6) is 0.704. The van der Waals surface area contributed by atoms with E-state index in [4.69, 9.17) is 16.3 Å². The van der Waals surface area contributed by atoms with Gasteiger partial charge in [0.2, 0.25) is 0 Å². The Labute approximate surface area is 131 Å². The Hall–Kier alpha value is 0.220. The predicted molar refractivity (Wildman–Crippen MR) is 85.8 cm³/mol. The topological polar surface area (TPSA) is 9.23 Å². The maximum atomic E-state index is 6.12. The van der Waals surface area contributed by atoms with Gasteiger partial charge in [0.25, 0.3) is 0 Å². The first-order valence-corrected chi connectivity index (χ1v) is 8.08. The van der Waals surface area contributed by atoms with E-state index in [0.29, 0.717) is 10.8 Å². The summed E-state index contributed by atoms with van der Waals surface area (Å²) in [6, 6.07) is 8.02. The van der Waals surface area contributed by atoms with Gasteiger partial charge in [0.15, 0.2) is 0 Å². The van der Waals surface area contributed by atoms with Crippen LogP contribution in [0.15, 0.2) is 29.6 Å². The lowest BCUT2D eigenvalue weighted by Crippen LogP contribution is -1.92. The van der Waals surface area contributed by atoms with E-state index in [0.717, 1.165) is 5.56 Å². The Balaban J connectivity index is 2.31. The fraction of sp³-hybridized carbons (Fsp3) is 0.167. The van der Waals surface area contributed by atoms with Gasteiger partial charge in [-0.3, -0.25) is 0 Å². The zero-order valence-corrected chi connectivity index (χ0v) is 14.2. The molecular formula is C12H9BrClIOS. The molecular weight excluding hydrogens is 434 g/mol. The van der Waals surface area contributed by atoms with Gasteiger partial charge < -0.3 is 4.74 Å². The fourth-order valence-corrected chi connectivity index (χ4v) is 3.88. The lowest BCUT2D eigenvalue weighted by atomic mass is 10.1. The second kappa shape index (κ2) is 5.91. The molecule has 5 heteroatoms. The molecule has 0 fully saturated rings. The van der Waals surface area contributed by atoms with Gasteiger partial charge in [0.05, 0.1) is 19.8 Å². The Bertz CT molecular complexity index is 529. The van der Waals surface area contributed by atoms with Crippen molar-refractivity contribution in [2.75, 3.05) is 7.11 Å². The van der Waals surface area contributed by atoms with Crippen molar-refractivity contribution in [1.29, 1.82) is 0 Å². The van der Waals surface area contributed by atoms with Gasteiger partial charge in [0.1, 0.15) is 5.75 Å². The van der Waals surface area contributed by atoms with E-state index in [1.54, 1.807) is 18.4 Å². The summed E-state index contributed by atoms with van der Waals surface area (Å²) in [7, 11) is 1.62. The molecule has 0 aliphatic rings. The molecule has 0 spiro atoms. The van der Waals surface area contributed by atoms with Crippen molar-refractivity contribution >= 4 is 61.5 Å². The molecule has 2 aromatic rings. The van der Waals surface area contributed by atoms with E-state index >= 15 is 0 Å². The maximum Gasteiger partial charge on any atom is 0.137 e. The number of methoxy groups -OCH3 is 1. The van der Waals surface area contributed by atoms with E-state index in [1.807, 2.05) is 18.2 Å². The molecule has 1 unspecified atom stereocenters. The third kappa shape index (κ3) is 3.16. The molecule has 90 valence electrons. The van der Waals surface area contributed by atoms with Crippen LogP contribution in [0.2, 0.25) is 5.02 Å². The van der Waals surface area contributed by atoms with Crippen molar-refractivity contribution < 1.29 is 4.74 Å². The number of alkyl halides is 1. The molecule has 1 nitrogen and oxygen atoms in total. The molecule has 0 N–H and O–H groups in total. The second-order valence-electron chi connectivity index (χ2n) is 3.44. The van der Waals surface area contributed by atoms with Gasteiger partial charge in [-0.05, 0) is 57.3 Å². The number of thiophene rings is 1. The number of ether oxygens (including phenoxy) is 1. The van der Waals surface area contributed by atoms with Gasteiger partial charge in [-0.2, -0.15) is 0 Å². The largest absolute Gasteiger partial charge is 0.495 e. The number of rotatable bonds is 3. The van der Waals surface area contributed by atoms with E-state index in [2.05, 4.69) is 50.0 Å². The highest BCUT2D eigenvalue weighted by Crippen LogP contribution is 2.36. The predicted octanol–water partition coefficient (Wildman–Crippen LogP) is 5.50. The Morgan fingerprint density at radius 2 is 2.12 bits per heavy atom. The molecule has 0 aliphatic heterocycles. The maximum absolute atomic E-state index is 6.12. The van der Waals surface area contributed by atoms with E-state index in [-0.39, 0.29) is 4.83 Å². The van der Waals surface area contributed by atoms with Gasteiger partial charge in [-0.25, -0.2) is 0 Å². The summed E-state index contributed by atoms with van der Waals surface area (Å²) in [5, 5.41) is 2.79. The van der Waals surface area contributed by atoms with Gasteiger partial charge in [-0.15, -0.1) is 11.3 Å². The summed E-state index contributed by atoms with van der Waals surface area (Å²) in [5.41, 5.74) is 2.38. The van der Waals surface area contributed by atoms with Crippen LogP contribution in [0.5, 0.6) is 5.75 Å². The van der Waals surface area contributed by atoms with Crippen molar-refractivity contribution in [3.63, 3.8) is 0 Å². The summed E-state index contributed by atoms with van der Waals surface area (Å²) in [6.45, 7) is 0. The van der Waals surface area contributed by atoms with Crippen molar-refractivity contribution in [2.45, 2.75) is 4.83 Å². The average Bonchev–Trinajstić information content (AvgIpc) is 2.75. The lowest BCUT2D eigenvalue weighted by Gasteiger charge is -2.10. The molecule has 0 saturated heterocycles. The van der Waals surface area contributed by atoms with Crippen LogP contribution in [0, 0.1) is 2.88 Å². The summed E-state index contributed by atoms with van der Waals surface area (Å²) in [6.07, 6.45) is 0. The minimum Gasteiger partial charge on any atom is -0.495 e. The van der Waals surface area contributed by atoms with Gasteiger partial charge in [0, 0.05) is 0 Å². The number of hydrogen-bond donors (Lipinski definition) is 0. The first-order chi connectivity index (χ1) is 8.11. The minimum absolute atomic E-state index is 0.172. The van der Waals surface area contributed by atoms with Crippen LogP contribution in [0.1, 0.15) is 16.0 Å². The van der Waals surface area contributed by atoms with Crippen LogP contribution < -0.4 is 4.74 Å². The third-order valence-corrected chi connectivity index (χ3v) is 5.51. The lowest BCUT2D eigenvalue weighted by molar-refractivity contribution is 0.415. The first-order valence-electron chi connectivity index (χ1n) is 4.83.